The monoisotopic (exact) mass is 250 g/mol. The van der Waals surface area contributed by atoms with Crippen molar-refractivity contribution in [2.45, 2.75) is 38.8 Å². The maximum atomic E-state index is 11.5. The number of ether oxygens (including phenoxy) is 1. The van der Waals surface area contributed by atoms with Gasteiger partial charge in [-0.1, -0.05) is 6.07 Å². The summed E-state index contributed by atoms with van der Waals surface area (Å²) in [7, 11) is 0. The minimum absolute atomic E-state index is 0.351. The molecule has 18 heavy (non-hydrogen) atoms. The molecule has 0 saturated heterocycles. The van der Waals surface area contributed by atoms with E-state index in [1.807, 2.05) is 6.07 Å². The maximum absolute atomic E-state index is 11.5. The lowest BCUT2D eigenvalue weighted by Gasteiger charge is -2.21. The molecule has 0 spiro atoms. The molecule has 5 heteroatoms. The molecule has 1 atom stereocenters. The van der Waals surface area contributed by atoms with Crippen molar-refractivity contribution in [1.29, 1.82) is 0 Å². The van der Waals surface area contributed by atoms with Crippen LogP contribution in [0.1, 0.15) is 26.5 Å². The van der Waals surface area contributed by atoms with Crippen molar-refractivity contribution in [3.63, 3.8) is 0 Å². The molecule has 1 N–H and O–H groups in total. The fourth-order valence-corrected chi connectivity index (χ4v) is 1.34. The number of aromatic nitrogens is 1. The van der Waals surface area contributed by atoms with Crippen LogP contribution in [-0.2, 0) is 16.0 Å². The number of rotatable bonds is 4. The molecule has 0 saturated carbocycles. The smallest absolute Gasteiger partial charge is 0.408 e. The summed E-state index contributed by atoms with van der Waals surface area (Å²) >= 11 is 0. The fourth-order valence-electron chi connectivity index (χ4n) is 1.34. The molecule has 0 unspecified atom stereocenters. The van der Waals surface area contributed by atoms with Gasteiger partial charge in [0.1, 0.15) is 11.9 Å². The number of carbonyl (C=O) groups excluding carboxylic acids is 2. The van der Waals surface area contributed by atoms with Crippen LogP contribution in [0, 0.1) is 0 Å². The van der Waals surface area contributed by atoms with Crippen molar-refractivity contribution in [3.05, 3.63) is 30.1 Å². The fraction of sp³-hybridized carbons (Fsp3) is 0.462. The van der Waals surface area contributed by atoms with E-state index < -0.39 is 17.7 Å². The Morgan fingerprint density at radius 1 is 1.50 bits per heavy atom. The Bertz CT molecular complexity index is 398. The second-order valence-electron chi connectivity index (χ2n) is 4.91. The Labute approximate surface area is 107 Å². The number of hydrogen-bond donors (Lipinski definition) is 1. The summed E-state index contributed by atoms with van der Waals surface area (Å²) in [5.74, 6) is 0. The van der Waals surface area contributed by atoms with E-state index in [9.17, 15) is 9.59 Å². The van der Waals surface area contributed by atoms with E-state index in [0.29, 0.717) is 12.7 Å². The Hall–Kier alpha value is -1.91. The molecule has 98 valence electrons. The largest absolute Gasteiger partial charge is 0.444 e. The zero-order valence-electron chi connectivity index (χ0n) is 10.8. The third-order valence-corrected chi connectivity index (χ3v) is 2.02. The first kappa shape index (κ1) is 14.2. The highest BCUT2D eigenvalue weighted by Gasteiger charge is 2.19. The van der Waals surface area contributed by atoms with Crippen molar-refractivity contribution in [2.75, 3.05) is 0 Å². The minimum Gasteiger partial charge on any atom is -0.444 e. The molecule has 5 nitrogen and oxygen atoms in total. The van der Waals surface area contributed by atoms with Crippen molar-refractivity contribution >= 4 is 12.4 Å². The minimum atomic E-state index is -0.630. The third-order valence-electron chi connectivity index (χ3n) is 2.02. The zero-order valence-corrected chi connectivity index (χ0v) is 10.8. The van der Waals surface area contributed by atoms with E-state index in [2.05, 4.69) is 10.3 Å². The van der Waals surface area contributed by atoms with Gasteiger partial charge in [0.15, 0.2) is 0 Å². The first-order valence-electron chi connectivity index (χ1n) is 5.75. The van der Waals surface area contributed by atoms with E-state index in [0.717, 1.165) is 5.69 Å². The molecule has 0 aliphatic rings. The van der Waals surface area contributed by atoms with Crippen molar-refractivity contribution < 1.29 is 14.3 Å². The van der Waals surface area contributed by atoms with Gasteiger partial charge in [0.05, 0.1) is 6.04 Å². The summed E-state index contributed by atoms with van der Waals surface area (Å²) in [4.78, 5) is 26.5. The average molecular weight is 250 g/mol. The molecule has 0 bridgehead atoms. The molecule has 1 aromatic rings. The van der Waals surface area contributed by atoms with Crippen molar-refractivity contribution in [2.24, 2.45) is 0 Å². The number of nitrogens with zero attached hydrogens (tertiary/aromatic N) is 1. The van der Waals surface area contributed by atoms with Crippen LogP contribution in [-0.4, -0.2) is 29.0 Å². The molecule has 1 heterocycles. The normalized spacial score (nSPS) is 12.6. The predicted molar refractivity (Wildman–Crippen MR) is 67.2 cm³/mol. The number of amides is 1. The van der Waals surface area contributed by atoms with E-state index in [-0.39, 0.29) is 0 Å². The van der Waals surface area contributed by atoms with E-state index in [4.69, 9.17) is 4.74 Å². The van der Waals surface area contributed by atoms with Gasteiger partial charge in [-0.15, -0.1) is 0 Å². The highest BCUT2D eigenvalue weighted by Crippen LogP contribution is 2.07. The van der Waals surface area contributed by atoms with E-state index in [1.54, 1.807) is 39.1 Å². The second kappa shape index (κ2) is 6.14. The summed E-state index contributed by atoms with van der Waals surface area (Å²) in [6.45, 7) is 5.30. The molecule has 0 aliphatic heterocycles. The second-order valence-corrected chi connectivity index (χ2v) is 4.91. The number of alkyl carbamates (subject to hydrolysis) is 1. The number of nitrogens with one attached hydrogen (secondary N) is 1. The van der Waals surface area contributed by atoms with Crippen LogP contribution in [0.4, 0.5) is 4.79 Å². The SMILES string of the molecule is CC(C)(C)OC(=O)N[C@H](C=O)Cc1ccccn1. The van der Waals surface area contributed by atoms with Crippen LogP contribution >= 0.6 is 0 Å². The van der Waals surface area contributed by atoms with E-state index >= 15 is 0 Å². The van der Waals surface area contributed by atoms with Gasteiger partial charge in [0.2, 0.25) is 0 Å². The molecular weight excluding hydrogens is 232 g/mol. The molecule has 0 aliphatic carbocycles. The summed E-state index contributed by atoms with van der Waals surface area (Å²) in [5.41, 5.74) is 0.161. The Balaban J connectivity index is 2.53. The van der Waals surface area contributed by atoms with Crippen LogP contribution in [0.5, 0.6) is 0 Å². The molecule has 0 radical (unpaired) electrons. The zero-order chi connectivity index (χ0) is 13.6. The van der Waals surface area contributed by atoms with Crippen LogP contribution in [0.25, 0.3) is 0 Å². The van der Waals surface area contributed by atoms with Gasteiger partial charge >= 0.3 is 6.09 Å². The topological polar surface area (TPSA) is 68.3 Å². The predicted octanol–water partition coefficient (Wildman–Crippen LogP) is 1.72. The Morgan fingerprint density at radius 3 is 2.72 bits per heavy atom. The highest BCUT2D eigenvalue weighted by atomic mass is 16.6. The molecular formula is C13H18N2O3. The standard InChI is InChI=1S/C13H18N2O3/c1-13(2,3)18-12(17)15-11(9-16)8-10-6-4-5-7-14-10/h4-7,9,11H,8H2,1-3H3,(H,15,17)/t11-/m0/s1. The van der Waals surface area contributed by atoms with Crippen LogP contribution in [0.2, 0.25) is 0 Å². The molecule has 1 amide bonds. The molecule has 0 aromatic carbocycles. The lowest BCUT2D eigenvalue weighted by molar-refractivity contribution is -0.109. The third kappa shape index (κ3) is 5.43. The van der Waals surface area contributed by atoms with Gasteiger partial charge in [-0.25, -0.2) is 4.79 Å². The summed E-state index contributed by atoms with van der Waals surface area (Å²) < 4.78 is 5.08. The number of aldehydes is 1. The summed E-state index contributed by atoms with van der Waals surface area (Å²) in [5, 5.41) is 2.50. The van der Waals surface area contributed by atoms with Gasteiger partial charge < -0.3 is 14.8 Å². The summed E-state index contributed by atoms with van der Waals surface area (Å²) in [6, 6.07) is 4.79. The molecule has 1 rings (SSSR count). The van der Waals surface area contributed by atoms with Crippen LogP contribution in [0.15, 0.2) is 24.4 Å². The van der Waals surface area contributed by atoms with Gasteiger partial charge in [0.25, 0.3) is 0 Å². The van der Waals surface area contributed by atoms with Crippen molar-refractivity contribution in [1.82, 2.24) is 10.3 Å². The van der Waals surface area contributed by atoms with Gasteiger partial charge in [-0.3, -0.25) is 4.98 Å². The Morgan fingerprint density at radius 2 is 2.22 bits per heavy atom. The summed E-state index contributed by atoms with van der Waals surface area (Å²) in [6.07, 6.45) is 2.07. The maximum Gasteiger partial charge on any atom is 0.408 e. The van der Waals surface area contributed by atoms with Gasteiger partial charge in [0, 0.05) is 18.3 Å². The van der Waals surface area contributed by atoms with E-state index in [1.165, 1.54) is 0 Å². The number of pyridine rings is 1. The molecule has 1 aromatic heterocycles. The van der Waals surface area contributed by atoms with Crippen LogP contribution in [0.3, 0.4) is 0 Å². The lowest BCUT2D eigenvalue weighted by atomic mass is 10.1. The average Bonchev–Trinajstić information content (AvgIpc) is 2.27. The van der Waals surface area contributed by atoms with Gasteiger partial charge in [-0.05, 0) is 32.9 Å². The van der Waals surface area contributed by atoms with Gasteiger partial charge in [-0.2, -0.15) is 0 Å². The number of carbonyl (C=O) groups is 2. The van der Waals surface area contributed by atoms with Crippen LogP contribution < -0.4 is 5.32 Å². The Kier molecular flexibility index (Phi) is 4.83. The molecule has 0 fully saturated rings. The first-order valence-corrected chi connectivity index (χ1v) is 5.75. The quantitative estimate of drug-likeness (QED) is 0.826. The number of hydrogen-bond acceptors (Lipinski definition) is 4. The van der Waals surface area contributed by atoms with Crippen molar-refractivity contribution in [3.8, 4) is 0 Å². The first-order chi connectivity index (χ1) is 8.40. The lowest BCUT2D eigenvalue weighted by Crippen LogP contribution is -2.41. The highest BCUT2D eigenvalue weighted by molar-refractivity contribution is 5.73.